The summed E-state index contributed by atoms with van der Waals surface area (Å²) in [5, 5.41) is 9.93. The van der Waals surface area contributed by atoms with Gasteiger partial charge in [0.2, 0.25) is 0 Å². The molecular weight excluding hydrogens is 292 g/mol. The van der Waals surface area contributed by atoms with Crippen LogP contribution in [-0.4, -0.2) is 24.8 Å². The van der Waals surface area contributed by atoms with Gasteiger partial charge in [-0.2, -0.15) is 0 Å². The SMILES string of the molecule is C=CCOc1ccc(-c2ccc(O)c(CCC(=O)OC)c2)cc1. The van der Waals surface area contributed by atoms with Crippen molar-refractivity contribution < 1.29 is 19.4 Å². The smallest absolute Gasteiger partial charge is 0.305 e. The zero-order valence-electron chi connectivity index (χ0n) is 13.1. The van der Waals surface area contributed by atoms with E-state index in [0.29, 0.717) is 13.0 Å². The molecule has 0 spiro atoms. The van der Waals surface area contributed by atoms with Crippen molar-refractivity contribution in [1.29, 1.82) is 0 Å². The number of aromatic hydroxyl groups is 1. The molecule has 1 N–H and O–H groups in total. The molecule has 0 aliphatic carbocycles. The first-order valence-electron chi connectivity index (χ1n) is 7.37. The zero-order valence-corrected chi connectivity index (χ0v) is 13.1. The Kier molecular flexibility index (Phi) is 5.80. The summed E-state index contributed by atoms with van der Waals surface area (Å²) in [6.07, 6.45) is 2.37. The second-order valence-electron chi connectivity index (χ2n) is 5.04. The molecule has 0 atom stereocenters. The molecule has 2 aromatic rings. The monoisotopic (exact) mass is 312 g/mol. The molecule has 0 saturated carbocycles. The molecule has 0 bridgehead atoms. The van der Waals surface area contributed by atoms with Crippen LogP contribution in [0.3, 0.4) is 0 Å². The van der Waals surface area contributed by atoms with Crippen LogP contribution in [-0.2, 0) is 16.0 Å². The summed E-state index contributed by atoms with van der Waals surface area (Å²) in [6, 6.07) is 13.1. The molecule has 0 fully saturated rings. The highest BCUT2D eigenvalue weighted by Crippen LogP contribution is 2.28. The maximum absolute atomic E-state index is 11.3. The van der Waals surface area contributed by atoms with Gasteiger partial charge in [0.25, 0.3) is 0 Å². The van der Waals surface area contributed by atoms with E-state index >= 15 is 0 Å². The van der Waals surface area contributed by atoms with Gasteiger partial charge in [-0.25, -0.2) is 0 Å². The second kappa shape index (κ2) is 8.03. The van der Waals surface area contributed by atoms with Gasteiger partial charge in [0.1, 0.15) is 18.1 Å². The summed E-state index contributed by atoms with van der Waals surface area (Å²) in [6.45, 7) is 4.08. The van der Waals surface area contributed by atoms with E-state index in [-0.39, 0.29) is 18.1 Å². The van der Waals surface area contributed by atoms with E-state index in [4.69, 9.17) is 4.74 Å². The number of ether oxygens (including phenoxy) is 2. The molecule has 0 aromatic heterocycles. The molecule has 4 heteroatoms. The number of carbonyl (C=O) groups is 1. The zero-order chi connectivity index (χ0) is 16.7. The fourth-order valence-electron chi connectivity index (χ4n) is 2.20. The Morgan fingerprint density at radius 2 is 1.87 bits per heavy atom. The average Bonchev–Trinajstić information content (AvgIpc) is 2.59. The number of phenols is 1. The minimum Gasteiger partial charge on any atom is -0.508 e. The molecule has 0 aliphatic rings. The fourth-order valence-corrected chi connectivity index (χ4v) is 2.20. The molecule has 0 radical (unpaired) electrons. The van der Waals surface area contributed by atoms with E-state index in [2.05, 4.69) is 11.3 Å². The van der Waals surface area contributed by atoms with Crippen LogP contribution in [0, 0.1) is 0 Å². The summed E-state index contributed by atoms with van der Waals surface area (Å²) in [5.74, 6) is 0.667. The maximum Gasteiger partial charge on any atom is 0.305 e. The molecule has 0 heterocycles. The molecule has 2 aromatic carbocycles. The van der Waals surface area contributed by atoms with E-state index in [1.54, 1.807) is 12.1 Å². The normalized spacial score (nSPS) is 10.1. The summed E-state index contributed by atoms with van der Waals surface area (Å²) in [5.41, 5.74) is 2.70. The summed E-state index contributed by atoms with van der Waals surface area (Å²) >= 11 is 0. The van der Waals surface area contributed by atoms with Crippen LogP contribution in [0.1, 0.15) is 12.0 Å². The minimum atomic E-state index is -0.293. The predicted octanol–water partition coefficient (Wildman–Crippen LogP) is 3.73. The largest absolute Gasteiger partial charge is 0.508 e. The molecule has 4 nitrogen and oxygen atoms in total. The number of benzene rings is 2. The van der Waals surface area contributed by atoms with Crippen molar-refractivity contribution >= 4 is 5.97 Å². The van der Waals surface area contributed by atoms with E-state index in [9.17, 15) is 9.90 Å². The van der Waals surface area contributed by atoms with Crippen molar-refractivity contribution in [2.45, 2.75) is 12.8 Å². The molecule has 0 aliphatic heterocycles. The molecular formula is C19H20O4. The molecule has 23 heavy (non-hydrogen) atoms. The molecule has 0 amide bonds. The van der Waals surface area contributed by atoms with E-state index < -0.39 is 0 Å². The van der Waals surface area contributed by atoms with Gasteiger partial charge in [0.15, 0.2) is 0 Å². The molecule has 120 valence electrons. The summed E-state index contributed by atoms with van der Waals surface area (Å²) < 4.78 is 10.1. The van der Waals surface area contributed by atoms with Gasteiger partial charge in [0, 0.05) is 6.42 Å². The Labute approximate surface area is 136 Å². The van der Waals surface area contributed by atoms with Gasteiger partial charge >= 0.3 is 5.97 Å². The second-order valence-corrected chi connectivity index (χ2v) is 5.04. The average molecular weight is 312 g/mol. The lowest BCUT2D eigenvalue weighted by Gasteiger charge is -2.09. The van der Waals surface area contributed by atoms with Crippen molar-refractivity contribution in [1.82, 2.24) is 0 Å². The van der Waals surface area contributed by atoms with Crippen molar-refractivity contribution in [3.8, 4) is 22.6 Å². The van der Waals surface area contributed by atoms with Crippen LogP contribution >= 0.6 is 0 Å². The number of hydrogen-bond donors (Lipinski definition) is 1. The predicted molar refractivity (Wildman–Crippen MR) is 89.6 cm³/mol. The third-order valence-corrected chi connectivity index (χ3v) is 3.46. The van der Waals surface area contributed by atoms with Crippen LogP contribution in [0.2, 0.25) is 0 Å². The Balaban J connectivity index is 2.16. The number of methoxy groups -OCH3 is 1. The van der Waals surface area contributed by atoms with Gasteiger partial charge in [-0.05, 0) is 47.4 Å². The van der Waals surface area contributed by atoms with E-state index in [1.807, 2.05) is 36.4 Å². The Bertz CT molecular complexity index is 674. The summed E-state index contributed by atoms with van der Waals surface area (Å²) in [7, 11) is 1.36. The van der Waals surface area contributed by atoms with Crippen molar-refractivity contribution in [2.24, 2.45) is 0 Å². The lowest BCUT2D eigenvalue weighted by atomic mass is 10.00. The van der Waals surface area contributed by atoms with Gasteiger partial charge in [0.05, 0.1) is 7.11 Å². The quantitative estimate of drug-likeness (QED) is 0.625. The van der Waals surface area contributed by atoms with Gasteiger partial charge in [-0.3, -0.25) is 4.79 Å². The highest BCUT2D eigenvalue weighted by molar-refractivity contribution is 5.70. The number of aryl methyl sites for hydroxylation is 1. The lowest BCUT2D eigenvalue weighted by Crippen LogP contribution is -2.02. The highest BCUT2D eigenvalue weighted by Gasteiger charge is 2.08. The fraction of sp³-hybridized carbons (Fsp3) is 0.211. The molecule has 2 rings (SSSR count). The number of phenolic OH excluding ortho intramolecular Hbond substituents is 1. The lowest BCUT2D eigenvalue weighted by molar-refractivity contribution is -0.140. The first-order chi connectivity index (χ1) is 11.1. The van der Waals surface area contributed by atoms with E-state index in [1.165, 1.54) is 7.11 Å². The third kappa shape index (κ3) is 4.61. The van der Waals surface area contributed by atoms with Crippen molar-refractivity contribution in [2.75, 3.05) is 13.7 Å². The maximum atomic E-state index is 11.3. The number of rotatable bonds is 7. The first-order valence-corrected chi connectivity index (χ1v) is 7.37. The Morgan fingerprint density at radius 3 is 2.52 bits per heavy atom. The van der Waals surface area contributed by atoms with Gasteiger partial charge < -0.3 is 14.6 Å². The van der Waals surface area contributed by atoms with Crippen LogP contribution < -0.4 is 4.74 Å². The molecule has 0 unspecified atom stereocenters. The highest BCUT2D eigenvalue weighted by atomic mass is 16.5. The first kappa shape index (κ1) is 16.6. The number of carbonyl (C=O) groups excluding carboxylic acids is 1. The Hall–Kier alpha value is -2.75. The van der Waals surface area contributed by atoms with Crippen LogP contribution in [0.4, 0.5) is 0 Å². The van der Waals surface area contributed by atoms with E-state index in [0.717, 1.165) is 22.4 Å². The standard InChI is InChI=1S/C19H20O4/c1-3-12-23-17-8-4-14(5-9-17)15-6-10-18(20)16(13-15)7-11-19(21)22-2/h3-6,8-10,13,20H,1,7,11-12H2,2H3. The van der Waals surface area contributed by atoms with Gasteiger partial charge in [-0.15, -0.1) is 0 Å². The van der Waals surface area contributed by atoms with Crippen LogP contribution in [0.25, 0.3) is 11.1 Å². The number of hydrogen-bond acceptors (Lipinski definition) is 4. The molecule has 0 saturated heterocycles. The van der Waals surface area contributed by atoms with Crippen molar-refractivity contribution in [3.05, 3.63) is 60.7 Å². The third-order valence-electron chi connectivity index (χ3n) is 3.46. The minimum absolute atomic E-state index is 0.184. The van der Waals surface area contributed by atoms with Crippen molar-refractivity contribution in [3.63, 3.8) is 0 Å². The number of esters is 1. The van der Waals surface area contributed by atoms with Crippen LogP contribution in [0.15, 0.2) is 55.1 Å². The van der Waals surface area contributed by atoms with Gasteiger partial charge in [-0.1, -0.05) is 30.9 Å². The van der Waals surface area contributed by atoms with Crippen LogP contribution in [0.5, 0.6) is 11.5 Å². The Morgan fingerprint density at radius 1 is 1.17 bits per heavy atom. The topological polar surface area (TPSA) is 55.8 Å². The summed E-state index contributed by atoms with van der Waals surface area (Å²) in [4.78, 5) is 11.3.